The summed E-state index contributed by atoms with van der Waals surface area (Å²) in [7, 11) is 1.73. The molecule has 1 saturated carbocycles. The molecule has 0 spiro atoms. The highest BCUT2D eigenvalue weighted by molar-refractivity contribution is 7.07. The molecule has 116 valence electrons. The second-order valence-electron chi connectivity index (χ2n) is 5.29. The summed E-state index contributed by atoms with van der Waals surface area (Å²) in [6.45, 7) is 0.723. The molecular formula is C16H17ClFN3S. The fourth-order valence-electron chi connectivity index (χ4n) is 2.49. The van der Waals surface area contributed by atoms with Crippen molar-refractivity contribution in [2.45, 2.75) is 24.9 Å². The number of aliphatic imine (C=N–C) groups is 1. The second-order valence-corrected chi connectivity index (χ2v) is 6.47. The van der Waals surface area contributed by atoms with E-state index in [9.17, 15) is 4.39 Å². The zero-order valence-corrected chi connectivity index (χ0v) is 13.7. The fourth-order valence-corrected chi connectivity index (χ4v) is 3.46. The van der Waals surface area contributed by atoms with Crippen molar-refractivity contribution >= 4 is 28.9 Å². The van der Waals surface area contributed by atoms with E-state index in [0.717, 1.165) is 18.9 Å². The van der Waals surface area contributed by atoms with E-state index in [-0.39, 0.29) is 17.8 Å². The first-order valence-corrected chi connectivity index (χ1v) is 8.43. The minimum Gasteiger partial charge on any atom is -0.353 e. The van der Waals surface area contributed by atoms with Crippen molar-refractivity contribution in [3.8, 4) is 0 Å². The largest absolute Gasteiger partial charge is 0.353 e. The molecule has 6 heteroatoms. The molecule has 0 bridgehead atoms. The van der Waals surface area contributed by atoms with Crippen LogP contribution in [-0.4, -0.2) is 19.0 Å². The predicted octanol–water partition coefficient (Wildman–Crippen LogP) is 3.76. The van der Waals surface area contributed by atoms with Crippen LogP contribution in [0.1, 0.15) is 23.5 Å². The summed E-state index contributed by atoms with van der Waals surface area (Å²) in [5.74, 6) is 0.600. The van der Waals surface area contributed by atoms with Gasteiger partial charge >= 0.3 is 0 Å². The molecule has 2 aromatic rings. The van der Waals surface area contributed by atoms with Gasteiger partial charge in [0.2, 0.25) is 0 Å². The lowest BCUT2D eigenvalue weighted by atomic mass is 10.1. The maximum absolute atomic E-state index is 13.9. The van der Waals surface area contributed by atoms with Gasteiger partial charge in [-0.3, -0.25) is 4.99 Å². The van der Waals surface area contributed by atoms with Crippen LogP contribution in [0.3, 0.4) is 0 Å². The van der Waals surface area contributed by atoms with E-state index in [1.165, 1.54) is 11.6 Å². The average molecular weight is 338 g/mol. The van der Waals surface area contributed by atoms with Gasteiger partial charge in [0, 0.05) is 36.1 Å². The number of nitrogens with one attached hydrogen (secondary N) is 2. The number of hydrogen-bond donors (Lipinski definition) is 2. The van der Waals surface area contributed by atoms with E-state index in [1.807, 2.05) is 5.38 Å². The highest BCUT2D eigenvalue weighted by Crippen LogP contribution is 2.44. The van der Waals surface area contributed by atoms with Crippen LogP contribution in [0.4, 0.5) is 4.39 Å². The molecule has 1 aromatic heterocycles. The van der Waals surface area contributed by atoms with Crippen LogP contribution in [0.25, 0.3) is 0 Å². The molecule has 0 aliphatic heterocycles. The fraction of sp³-hybridized carbons (Fsp3) is 0.312. The molecule has 2 N–H and O–H groups in total. The third kappa shape index (κ3) is 3.42. The number of rotatable bonds is 4. The molecule has 0 radical (unpaired) electrons. The van der Waals surface area contributed by atoms with Crippen molar-refractivity contribution in [3.05, 3.63) is 57.0 Å². The van der Waals surface area contributed by atoms with Crippen LogP contribution in [0.2, 0.25) is 5.02 Å². The zero-order chi connectivity index (χ0) is 15.5. The summed E-state index contributed by atoms with van der Waals surface area (Å²) >= 11 is 7.79. The third-order valence-corrected chi connectivity index (χ3v) is 4.81. The first-order valence-electron chi connectivity index (χ1n) is 7.11. The lowest BCUT2D eigenvalue weighted by molar-refractivity contribution is 0.608. The maximum Gasteiger partial charge on any atom is 0.191 e. The highest BCUT2D eigenvalue weighted by atomic mass is 35.5. The number of hydrogen-bond acceptors (Lipinski definition) is 2. The van der Waals surface area contributed by atoms with E-state index in [0.29, 0.717) is 10.6 Å². The third-order valence-electron chi connectivity index (χ3n) is 3.75. The summed E-state index contributed by atoms with van der Waals surface area (Å²) in [6, 6.07) is 7.07. The Kier molecular flexibility index (Phi) is 4.64. The van der Waals surface area contributed by atoms with Crippen molar-refractivity contribution in [2.75, 3.05) is 7.05 Å². The lowest BCUT2D eigenvalue weighted by Crippen LogP contribution is -2.38. The number of halogens is 2. The summed E-state index contributed by atoms with van der Waals surface area (Å²) in [5.41, 5.74) is 1.83. The maximum atomic E-state index is 13.9. The molecule has 3 nitrogen and oxygen atoms in total. The topological polar surface area (TPSA) is 36.4 Å². The van der Waals surface area contributed by atoms with Gasteiger partial charge in [0.15, 0.2) is 5.96 Å². The van der Waals surface area contributed by atoms with Crippen LogP contribution in [-0.2, 0) is 6.54 Å². The van der Waals surface area contributed by atoms with Gasteiger partial charge in [0.25, 0.3) is 0 Å². The van der Waals surface area contributed by atoms with Crippen LogP contribution in [0.5, 0.6) is 0 Å². The van der Waals surface area contributed by atoms with Gasteiger partial charge in [-0.25, -0.2) is 4.39 Å². The molecule has 2 unspecified atom stereocenters. The van der Waals surface area contributed by atoms with Crippen molar-refractivity contribution in [3.63, 3.8) is 0 Å². The van der Waals surface area contributed by atoms with Gasteiger partial charge in [-0.2, -0.15) is 11.3 Å². The molecule has 0 amide bonds. The normalized spacial score (nSPS) is 20.8. The molecule has 1 fully saturated rings. The lowest BCUT2D eigenvalue weighted by Gasteiger charge is -2.12. The van der Waals surface area contributed by atoms with E-state index >= 15 is 0 Å². The number of thiophene rings is 1. The Morgan fingerprint density at radius 2 is 2.32 bits per heavy atom. The molecule has 0 saturated heterocycles. The Labute approximate surface area is 138 Å². The molecular weight excluding hydrogens is 321 g/mol. The Bertz CT molecular complexity index is 652. The molecule has 1 aliphatic carbocycles. The molecule has 1 aromatic carbocycles. The van der Waals surface area contributed by atoms with Crippen LogP contribution < -0.4 is 10.6 Å². The number of nitrogens with zero attached hydrogens (tertiary/aromatic N) is 1. The van der Waals surface area contributed by atoms with Gasteiger partial charge in [-0.05, 0) is 40.9 Å². The monoisotopic (exact) mass is 337 g/mol. The van der Waals surface area contributed by atoms with Crippen molar-refractivity contribution in [2.24, 2.45) is 4.99 Å². The molecule has 1 heterocycles. The quantitative estimate of drug-likeness (QED) is 0.658. The zero-order valence-electron chi connectivity index (χ0n) is 12.1. The molecule has 2 atom stereocenters. The van der Waals surface area contributed by atoms with Gasteiger partial charge in [0.05, 0.1) is 0 Å². The standard InChI is InChI=1S/C16H17ClFN3S/c1-19-16(20-8-10-5-6-22-9-10)21-14-7-11(14)15-12(17)3-2-4-13(15)18/h2-6,9,11,14H,7-8H2,1H3,(H2,19,20,21). The molecule has 22 heavy (non-hydrogen) atoms. The summed E-state index contributed by atoms with van der Waals surface area (Å²) in [5, 5.41) is 11.2. The molecule has 1 aliphatic rings. The number of guanidine groups is 1. The Hall–Kier alpha value is -1.59. The number of benzene rings is 1. The van der Waals surface area contributed by atoms with E-state index in [1.54, 1.807) is 30.5 Å². The molecule has 3 rings (SSSR count). The highest BCUT2D eigenvalue weighted by Gasteiger charge is 2.41. The smallest absolute Gasteiger partial charge is 0.191 e. The Balaban J connectivity index is 1.58. The second kappa shape index (κ2) is 6.67. The van der Waals surface area contributed by atoms with Crippen LogP contribution in [0, 0.1) is 5.82 Å². The van der Waals surface area contributed by atoms with Gasteiger partial charge in [0.1, 0.15) is 5.82 Å². The Morgan fingerprint density at radius 3 is 3.00 bits per heavy atom. The first kappa shape index (κ1) is 15.3. The van der Waals surface area contributed by atoms with E-state index in [4.69, 9.17) is 11.6 Å². The average Bonchev–Trinajstić information content (AvgIpc) is 3.04. The summed E-state index contributed by atoms with van der Waals surface area (Å²) in [4.78, 5) is 4.21. The minimum atomic E-state index is -0.233. The summed E-state index contributed by atoms with van der Waals surface area (Å²) < 4.78 is 13.9. The van der Waals surface area contributed by atoms with Crippen molar-refractivity contribution in [1.29, 1.82) is 0 Å². The van der Waals surface area contributed by atoms with Gasteiger partial charge in [-0.15, -0.1) is 0 Å². The predicted molar refractivity (Wildman–Crippen MR) is 90.2 cm³/mol. The van der Waals surface area contributed by atoms with E-state index < -0.39 is 0 Å². The van der Waals surface area contributed by atoms with Crippen molar-refractivity contribution < 1.29 is 4.39 Å². The van der Waals surface area contributed by atoms with Gasteiger partial charge in [-0.1, -0.05) is 17.7 Å². The Morgan fingerprint density at radius 1 is 1.45 bits per heavy atom. The van der Waals surface area contributed by atoms with Crippen molar-refractivity contribution in [1.82, 2.24) is 10.6 Å². The van der Waals surface area contributed by atoms with Gasteiger partial charge < -0.3 is 10.6 Å². The minimum absolute atomic E-state index is 0.105. The van der Waals surface area contributed by atoms with Crippen LogP contribution in [0.15, 0.2) is 40.0 Å². The van der Waals surface area contributed by atoms with E-state index in [2.05, 4.69) is 27.1 Å². The first-order chi connectivity index (χ1) is 10.7. The summed E-state index contributed by atoms with van der Waals surface area (Å²) in [6.07, 6.45) is 0.861. The van der Waals surface area contributed by atoms with Crippen LogP contribution >= 0.6 is 22.9 Å². The SMILES string of the molecule is CN=C(NCc1ccsc1)NC1CC1c1c(F)cccc1Cl.